The van der Waals surface area contributed by atoms with Crippen LogP contribution in [-0.2, 0) is 25.0 Å². The zero-order chi connectivity index (χ0) is 16.6. The second-order valence-electron chi connectivity index (χ2n) is 4.17. The van der Waals surface area contributed by atoms with Gasteiger partial charge in [0.15, 0.2) is 0 Å². The summed E-state index contributed by atoms with van der Waals surface area (Å²) in [5, 5.41) is 2.31. The van der Waals surface area contributed by atoms with Crippen molar-refractivity contribution in [3.05, 3.63) is 30.3 Å². The molecule has 0 saturated heterocycles. The minimum atomic E-state index is -3.70. The number of carbonyl (C=O) groups is 1. The highest BCUT2D eigenvalue weighted by Gasteiger charge is 2.12. The van der Waals surface area contributed by atoms with Crippen molar-refractivity contribution in [1.82, 2.24) is 14.8 Å². The standard InChI is InChI=1S/C11H18N4O5S2/c1-12-22(19,20)14-9-11(16)13-7-8-21(17,18)15-10-5-3-2-4-6-10/h2-6,12,14-15H,7-9H2,1H3,(H,13,16). The van der Waals surface area contributed by atoms with Crippen LogP contribution in [0.15, 0.2) is 30.3 Å². The number of hydrogen-bond donors (Lipinski definition) is 4. The summed E-state index contributed by atoms with van der Waals surface area (Å²) in [5.41, 5.74) is 0.426. The van der Waals surface area contributed by atoms with E-state index in [1.54, 1.807) is 30.3 Å². The van der Waals surface area contributed by atoms with Gasteiger partial charge in [0.25, 0.3) is 10.2 Å². The average Bonchev–Trinajstić information content (AvgIpc) is 2.45. The lowest BCUT2D eigenvalue weighted by molar-refractivity contribution is -0.119. The van der Waals surface area contributed by atoms with Gasteiger partial charge in [-0.05, 0) is 12.1 Å². The first-order valence-electron chi connectivity index (χ1n) is 6.24. The molecule has 1 aromatic rings. The fourth-order valence-electron chi connectivity index (χ4n) is 1.36. The number of rotatable bonds is 9. The molecule has 9 nitrogen and oxygen atoms in total. The van der Waals surface area contributed by atoms with Crippen molar-refractivity contribution in [3.63, 3.8) is 0 Å². The highest BCUT2D eigenvalue weighted by Crippen LogP contribution is 2.07. The molecule has 1 amide bonds. The monoisotopic (exact) mass is 350 g/mol. The Balaban J connectivity index is 2.35. The zero-order valence-electron chi connectivity index (χ0n) is 11.9. The molecule has 0 bridgehead atoms. The molecule has 0 atom stereocenters. The third-order valence-corrected chi connectivity index (χ3v) is 4.78. The van der Waals surface area contributed by atoms with E-state index in [0.717, 1.165) is 0 Å². The molecule has 11 heteroatoms. The summed E-state index contributed by atoms with van der Waals surface area (Å²) >= 11 is 0. The van der Waals surface area contributed by atoms with Gasteiger partial charge in [-0.3, -0.25) is 9.52 Å². The maximum atomic E-state index is 11.8. The molecule has 0 heterocycles. The van der Waals surface area contributed by atoms with Gasteiger partial charge in [0, 0.05) is 19.3 Å². The highest BCUT2D eigenvalue weighted by molar-refractivity contribution is 7.92. The lowest BCUT2D eigenvalue weighted by atomic mass is 10.3. The van der Waals surface area contributed by atoms with Crippen LogP contribution in [0.2, 0.25) is 0 Å². The molecule has 124 valence electrons. The van der Waals surface area contributed by atoms with Crippen LogP contribution in [-0.4, -0.2) is 48.6 Å². The van der Waals surface area contributed by atoms with Crippen molar-refractivity contribution in [2.24, 2.45) is 0 Å². The van der Waals surface area contributed by atoms with Crippen molar-refractivity contribution in [2.45, 2.75) is 0 Å². The van der Waals surface area contributed by atoms with Crippen LogP contribution in [0, 0.1) is 0 Å². The first-order chi connectivity index (χ1) is 10.2. The average molecular weight is 350 g/mol. The molecular weight excluding hydrogens is 332 g/mol. The van der Waals surface area contributed by atoms with Gasteiger partial charge < -0.3 is 5.32 Å². The summed E-state index contributed by atoms with van der Waals surface area (Å²) in [7, 11) is -6.10. The van der Waals surface area contributed by atoms with Gasteiger partial charge in [0.1, 0.15) is 0 Å². The van der Waals surface area contributed by atoms with Gasteiger partial charge >= 0.3 is 0 Å². The van der Waals surface area contributed by atoms with Gasteiger partial charge in [0.2, 0.25) is 15.9 Å². The quantitative estimate of drug-likeness (QED) is 0.435. The number of carbonyl (C=O) groups excluding carboxylic acids is 1. The van der Waals surface area contributed by atoms with E-state index < -0.39 is 32.7 Å². The van der Waals surface area contributed by atoms with E-state index in [1.807, 2.05) is 9.44 Å². The number of anilines is 1. The summed E-state index contributed by atoms with van der Waals surface area (Å²) in [6, 6.07) is 8.33. The maximum Gasteiger partial charge on any atom is 0.277 e. The minimum Gasteiger partial charge on any atom is -0.354 e. The summed E-state index contributed by atoms with van der Waals surface area (Å²) in [5.74, 6) is -0.958. The lowest BCUT2D eigenvalue weighted by Gasteiger charge is -2.09. The Kier molecular flexibility index (Phi) is 6.74. The number of nitrogens with one attached hydrogen (secondary N) is 4. The second-order valence-corrected chi connectivity index (χ2v) is 7.71. The van der Waals surface area contributed by atoms with E-state index in [1.165, 1.54) is 7.05 Å². The fourth-order valence-corrected chi connectivity index (χ4v) is 2.79. The molecule has 1 rings (SSSR count). The second kappa shape index (κ2) is 8.08. The van der Waals surface area contributed by atoms with E-state index >= 15 is 0 Å². The van der Waals surface area contributed by atoms with Gasteiger partial charge in [-0.15, -0.1) is 0 Å². The topological polar surface area (TPSA) is 133 Å². The van der Waals surface area contributed by atoms with E-state index in [2.05, 4.69) is 10.0 Å². The third-order valence-electron chi connectivity index (χ3n) is 2.43. The normalized spacial score (nSPS) is 11.9. The predicted molar refractivity (Wildman–Crippen MR) is 82.8 cm³/mol. The molecule has 0 saturated carbocycles. The molecule has 4 N–H and O–H groups in total. The Morgan fingerprint density at radius 3 is 2.32 bits per heavy atom. The molecule has 0 fully saturated rings. The minimum absolute atomic E-state index is 0.137. The van der Waals surface area contributed by atoms with Crippen molar-refractivity contribution in [1.29, 1.82) is 0 Å². The summed E-state index contributed by atoms with van der Waals surface area (Å²) < 4.78 is 51.9. The number of benzene rings is 1. The first-order valence-corrected chi connectivity index (χ1v) is 9.38. The Bertz CT molecular complexity index is 688. The Morgan fingerprint density at radius 2 is 1.73 bits per heavy atom. The van der Waals surface area contributed by atoms with Gasteiger partial charge in [-0.25, -0.2) is 13.1 Å². The molecule has 0 aliphatic heterocycles. The molecule has 0 spiro atoms. The number of para-hydroxylation sites is 1. The molecular formula is C11H18N4O5S2. The number of hydrogen-bond acceptors (Lipinski definition) is 5. The van der Waals surface area contributed by atoms with E-state index in [0.29, 0.717) is 5.69 Å². The molecule has 0 radical (unpaired) electrons. The highest BCUT2D eigenvalue weighted by atomic mass is 32.2. The molecule has 22 heavy (non-hydrogen) atoms. The summed E-state index contributed by atoms with van der Waals surface area (Å²) in [6.07, 6.45) is 0. The number of amides is 1. The zero-order valence-corrected chi connectivity index (χ0v) is 13.5. The van der Waals surface area contributed by atoms with Crippen molar-refractivity contribution >= 4 is 31.8 Å². The third kappa shape index (κ3) is 7.36. The van der Waals surface area contributed by atoms with Crippen LogP contribution in [0.1, 0.15) is 0 Å². The van der Waals surface area contributed by atoms with Crippen LogP contribution in [0.25, 0.3) is 0 Å². The maximum absolute atomic E-state index is 11.8. The van der Waals surface area contributed by atoms with Crippen LogP contribution >= 0.6 is 0 Å². The number of sulfonamides is 1. The fraction of sp³-hybridized carbons (Fsp3) is 0.364. The van der Waals surface area contributed by atoms with Gasteiger partial charge in [-0.2, -0.15) is 13.1 Å². The van der Waals surface area contributed by atoms with Crippen LogP contribution in [0.5, 0.6) is 0 Å². The van der Waals surface area contributed by atoms with Crippen molar-refractivity contribution in [2.75, 3.05) is 30.6 Å². The molecule has 0 aliphatic carbocycles. The summed E-state index contributed by atoms with van der Waals surface area (Å²) in [4.78, 5) is 11.4. The van der Waals surface area contributed by atoms with E-state index in [4.69, 9.17) is 0 Å². The molecule has 0 aromatic heterocycles. The Labute approximate surface area is 129 Å². The smallest absolute Gasteiger partial charge is 0.277 e. The van der Waals surface area contributed by atoms with Gasteiger partial charge in [0.05, 0.1) is 12.3 Å². The Morgan fingerprint density at radius 1 is 1.09 bits per heavy atom. The van der Waals surface area contributed by atoms with E-state index in [-0.39, 0.29) is 12.3 Å². The van der Waals surface area contributed by atoms with Crippen LogP contribution in [0.3, 0.4) is 0 Å². The largest absolute Gasteiger partial charge is 0.354 e. The van der Waals surface area contributed by atoms with Crippen LogP contribution < -0.4 is 19.5 Å². The molecule has 0 aliphatic rings. The summed E-state index contributed by atoms with van der Waals surface area (Å²) in [6.45, 7) is -0.613. The molecule has 1 aromatic carbocycles. The Hall–Kier alpha value is -1.69. The predicted octanol–water partition coefficient (Wildman–Crippen LogP) is -1.40. The van der Waals surface area contributed by atoms with Crippen LogP contribution in [0.4, 0.5) is 5.69 Å². The SMILES string of the molecule is CNS(=O)(=O)NCC(=O)NCCS(=O)(=O)Nc1ccccc1. The van der Waals surface area contributed by atoms with Gasteiger partial charge in [-0.1, -0.05) is 18.2 Å². The lowest BCUT2D eigenvalue weighted by Crippen LogP contribution is -2.42. The van der Waals surface area contributed by atoms with E-state index in [9.17, 15) is 21.6 Å². The van der Waals surface area contributed by atoms with Crippen molar-refractivity contribution in [3.8, 4) is 0 Å². The van der Waals surface area contributed by atoms with Crippen molar-refractivity contribution < 1.29 is 21.6 Å². The first kappa shape index (κ1) is 18.4. The molecule has 0 unspecified atom stereocenters.